The predicted molar refractivity (Wildman–Crippen MR) is 72.6 cm³/mol. The second-order valence-corrected chi connectivity index (χ2v) is 10.4. The number of benzene rings is 1. The van der Waals surface area contributed by atoms with Crippen LogP contribution in [0, 0.1) is 0 Å². The molecule has 1 aromatic carbocycles. The third-order valence-electron chi connectivity index (χ3n) is 3.24. The van der Waals surface area contributed by atoms with Crippen LogP contribution >= 0.6 is 0 Å². The molecular weight excluding hydrogens is 230 g/mol. The Morgan fingerprint density at radius 2 is 1.71 bits per heavy atom. The van der Waals surface area contributed by atoms with E-state index in [-0.39, 0.29) is 5.04 Å². The van der Waals surface area contributed by atoms with Crippen LogP contribution in [0.1, 0.15) is 26.3 Å². The van der Waals surface area contributed by atoms with Gasteiger partial charge in [-0.25, -0.2) is 0 Å². The smallest absolute Gasteiger partial charge is 0.223 e. The minimum absolute atomic E-state index is 0.177. The highest BCUT2D eigenvalue weighted by Gasteiger charge is 2.38. The SMILES string of the molecule is CC(C)(C)[Si](C)(C)ONOCc1ccccc1. The van der Waals surface area contributed by atoms with Gasteiger partial charge in [-0.2, -0.15) is 0 Å². The Morgan fingerprint density at radius 1 is 1.12 bits per heavy atom. The summed E-state index contributed by atoms with van der Waals surface area (Å²) >= 11 is 0. The van der Waals surface area contributed by atoms with Crippen molar-refractivity contribution in [2.75, 3.05) is 0 Å². The van der Waals surface area contributed by atoms with Crippen molar-refractivity contribution in [2.45, 2.75) is 45.5 Å². The molecule has 0 amide bonds. The minimum Gasteiger partial charge on any atom is -0.323 e. The number of hydrogen-bond acceptors (Lipinski definition) is 3. The molecule has 0 aromatic heterocycles. The van der Waals surface area contributed by atoms with E-state index in [0.29, 0.717) is 6.61 Å². The average Bonchev–Trinajstić information content (AvgIpc) is 2.24. The van der Waals surface area contributed by atoms with E-state index < -0.39 is 8.32 Å². The van der Waals surface area contributed by atoms with Gasteiger partial charge >= 0.3 is 0 Å². The molecule has 96 valence electrons. The first-order valence-electron chi connectivity index (χ1n) is 5.92. The maximum Gasteiger partial charge on any atom is 0.223 e. The Morgan fingerprint density at radius 3 is 2.24 bits per heavy atom. The van der Waals surface area contributed by atoms with E-state index in [0.717, 1.165) is 5.56 Å². The quantitative estimate of drug-likeness (QED) is 0.493. The first kappa shape index (κ1) is 14.4. The lowest BCUT2D eigenvalue weighted by Crippen LogP contribution is -2.44. The third-order valence-corrected chi connectivity index (χ3v) is 7.45. The predicted octanol–water partition coefficient (Wildman–Crippen LogP) is 3.64. The molecule has 1 rings (SSSR count). The fraction of sp³-hybridized carbons (Fsp3) is 0.538. The van der Waals surface area contributed by atoms with Crippen LogP contribution in [0.5, 0.6) is 0 Å². The van der Waals surface area contributed by atoms with Crippen LogP contribution in [0.25, 0.3) is 0 Å². The van der Waals surface area contributed by atoms with E-state index in [1.807, 2.05) is 30.3 Å². The van der Waals surface area contributed by atoms with Crippen molar-refractivity contribution in [1.29, 1.82) is 0 Å². The van der Waals surface area contributed by atoms with Gasteiger partial charge in [0, 0.05) is 0 Å². The summed E-state index contributed by atoms with van der Waals surface area (Å²) in [6.07, 6.45) is 0. The molecule has 0 aliphatic heterocycles. The largest absolute Gasteiger partial charge is 0.323 e. The van der Waals surface area contributed by atoms with Gasteiger partial charge in [-0.1, -0.05) is 56.7 Å². The standard InChI is InChI=1S/C13H23NO2Si/c1-13(2,3)17(4,5)16-14-15-11-12-9-7-6-8-10-12/h6-10,14H,11H2,1-5H3. The summed E-state index contributed by atoms with van der Waals surface area (Å²) in [7, 11) is -1.78. The van der Waals surface area contributed by atoms with Crippen LogP contribution < -0.4 is 5.64 Å². The molecule has 0 heterocycles. The Balaban J connectivity index is 2.30. The lowest BCUT2D eigenvalue weighted by molar-refractivity contribution is -0.124. The van der Waals surface area contributed by atoms with Crippen LogP contribution in [0.4, 0.5) is 0 Å². The van der Waals surface area contributed by atoms with Gasteiger partial charge in [0.25, 0.3) is 0 Å². The maximum absolute atomic E-state index is 5.68. The number of hydrogen-bond donors (Lipinski definition) is 1. The van der Waals surface area contributed by atoms with E-state index >= 15 is 0 Å². The monoisotopic (exact) mass is 253 g/mol. The highest BCUT2D eigenvalue weighted by Crippen LogP contribution is 2.35. The van der Waals surface area contributed by atoms with Crippen molar-refractivity contribution in [3.8, 4) is 0 Å². The zero-order valence-corrected chi connectivity index (χ0v) is 12.4. The van der Waals surface area contributed by atoms with Gasteiger partial charge in [0.05, 0.1) is 6.61 Å². The van der Waals surface area contributed by atoms with Crippen LogP contribution in [0.2, 0.25) is 18.1 Å². The molecule has 1 N–H and O–H groups in total. The van der Waals surface area contributed by atoms with E-state index in [9.17, 15) is 0 Å². The molecule has 0 saturated heterocycles. The van der Waals surface area contributed by atoms with E-state index in [2.05, 4.69) is 39.5 Å². The molecule has 0 unspecified atom stereocenters. The lowest BCUT2D eigenvalue weighted by Gasteiger charge is -2.34. The van der Waals surface area contributed by atoms with Gasteiger partial charge in [0.15, 0.2) is 0 Å². The minimum atomic E-state index is -1.78. The van der Waals surface area contributed by atoms with Gasteiger partial charge in [-0.15, -0.1) is 0 Å². The zero-order chi connectivity index (χ0) is 12.9. The van der Waals surface area contributed by atoms with Gasteiger partial charge in [-0.05, 0) is 23.7 Å². The van der Waals surface area contributed by atoms with Gasteiger partial charge in [0.1, 0.15) is 0 Å². The van der Waals surface area contributed by atoms with Gasteiger partial charge in [0.2, 0.25) is 8.32 Å². The second-order valence-electron chi connectivity index (χ2n) is 5.72. The van der Waals surface area contributed by atoms with Crippen molar-refractivity contribution >= 4 is 8.32 Å². The molecule has 0 bridgehead atoms. The molecule has 0 aliphatic rings. The molecular formula is C13H23NO2Si. The van der Waals surface area contributed by atoms with Crippen LogP contribution in [-0.2, 0) is 16.0 Å². The van der Waals surface area contributed by atoms with Crippen molar-refractivity contribution < 1.29 is 9.36 Å². The summed E-state index contributed by atoms with van der Waals surface area (Å²) in [5.41, 5.74) is 3.77. The summed E-state index contributed by atoms with van der Waals surface area (Å²) in [5.74, 6) is 0. The summed E-state index contributed by atoms with van der Waals surface area (Å²) in [5, 5.41) is 0.177. The van der Waals surface area contributed by atoms with E-state index in [1.165, 1.54) is 0 Å². The number of rotatable bonds is 5. The summed E-state index contributed by atoms with van der Waals surface area (Å²) < 4.78 is 5.68. The molecule has 0 radical (unpaired) electrons. The molecule has 0 fully saturated rings. The van der Waals surface area contributed by atoms with Crippen molar-refractivity contribution in [2.24, 2.45) is 0 Å². The summed E-state index contributed by atoms with van der Waals surface area (Å²) in [6.45, 7) is 11.4. The average molecular weight is 253 g/mol. The molecule has 17 heavy (non-hydrogen) atoms. The van der Waals surface area contributed by atoms with Crippen molar-refractivity contribution in [1.82, 2.24) is 5.64 Å². The molecule has 1 aromatic rings. The Labute approximate surface area is 105 Å². The fourth-order valence-corrected chi connectivity index (χ4v) is 1.55. The zero-order valence-electron chi connectivity index (χ0n) is 11.4. The van der Waals surface area contributed by atoms with Crippen LogP contribution in [0.3, 0.4) is 0 Å². The molecule has 0 aliphatic carbocycles. The summed E-state index contributed by atoms with van der Waals surface area (Å²) in [4.78, 5) is 5.31. The van der Waals surface area contributed by atoms with Crippen LogP contribution in [-0.4, -0.2) is 8.32 Å². The summed E-state index contributed by atoms with van der Waals surface area (Å²) in [6, 6.07) is 10.0. The molecule has 0 atom stereocenters. The molecule has 3 nitrogen and oxygen atoms in total. The van der Waals surface area contributed by atoms with Gasteiger partial charge < -0.3 is 4.53 Å². The molecule has 0 saturated carbocycles. The highest BCUT2D eigenvalue weighted by atomic mass is 28.4. The third kappa shape index (κ3) is 4.59. The first-order valence-corrected chi connectivity index (χ1v) is 8.82. The Hall–Kier alpha value is -0.683. The van der Waals surface area contributed by atoms with E-state index in [4.69, 9.17) is 9.36 Å². The van der Waals surface area contributed by atoms with Gasteiger partial charge in [-0.3, -0.25) is 4.84 Å². The van der Waals surface area contributed by atoms with Crippen molar-refractivity contribution in [3.63, 3.8) is 0 Å². The number of nitrogens with one attached hydrogen (secondary N) is 1. The topological polar surface area (TPSA) is 30.5 Å². The molecule has 0 spiro atoms. The Kier molecular flexibility index (Phi) is 4.88. The first-order chi connectivity index (χ1) is 7.83. The second kappa shape index (κ2) is 5.77. The fourth-order valence-electron chi connectivity index (χ4n) is 0.974. The van der Waals surface area contributed by atoms with Crippen LogP contribution in [0.15, 0.2) is 30.3 Å². The lowest BCUT2D eigenvalue weighted by atomic mass is 10.2. The highest BCUT2D eigenvalue weighted by molar-refractivity contribution is 6.73. The maximum atomic E-state index is 5.68. The normalized spacial score (nSPS) is 12.8. The molecule has 4 heteroatoms. The van der Waals surface area contributed by atoms with Crippen molar-refractivity contribution in [3.05, 3.63) is 35.9 Å². The van der Waals surface area contributed by atoms with E-state index in [1.54, 1.807) is 0 Å². The Bertz CT molecular complexity index is 333.